The van der Waals surface area contributed by atoms with Gasteiger partial charge in [-0.15, -0.1) is 0 Å². The van der Waals surface area contributed by atoms with Gasteiger partial charge in [-0.25, -0.2) is 4.98 Å². The molecule has 0 atom stereocenters. The van der Waals surface area contributed by atoms with Crippen molar-refractivity contribution in [2.24, 2.45) is 0 Å². The van der Waals surface area contributed by atoms with Gasteiger partial charge in [0.15, 0.2) is 11.5 Å². The number of ether oxygens (including phenoxy) is 3. The molecule has 5 rings (SSSR count). The summed E-state index contributed by atoms with van der Waals surface area (Å²) in [5.74, 6) is 2.90. The van der Waals surface area contributed by atoms with E-state index in [-0.39, 0.29) is 5.60 Å². The molecule has 2 saturated heterocycles. The van der Waals surface area contributed by atoms with Gasteiger partial charge in [-0.2, -0.15) is 4.98 Å². The van der Waals surface area contributed by atoms with E-state index < -0.39 is 0 Å². The normalized spacial score (nSPS) is 21.2. The maximum Gasteiger partial charge on any atom is 0.231 e. The third-order valence-electron chi connectivity index (χ3n) is 5.83. The Labute approximate surface area is 164 Å². The number of piperidine rings is 1. The lowest BCUT2D eigenvalue weighted by Gasteiger charge is -2.47. The number of nitrogens with zero attached hydrogens (tertiary/aromatic N) is 4. The van der Waals surface area contributed by atoms with Crippen LogP contribution in [-0.2, 0) is 11.3 Å². The highest BCUT2D eigenvalue weighted by Gasteiger charge is 2.40. The van der Waals surface area contributed by atoms with Crippen molar-refractivity contribution in [2.75, 3.05) is 50.2 Å². The smallest absolute Gasteiger partial charge is 0.231 e. The van der Waals surface area contributed by atoms with E-state index in [1.165, 1.54) is 5.56 Å². The van der Waals surface area contributed by atoms with E-state index in [1.54, 1.807) is 6.20 Å². The summed E-state index contributed by atoms with van der Waals surface area (Å²) in [7, 11) is 0. The molecule has 4 heterocycles. The van der Waals surface area contributed by atoms with Crippen LogP contribution in [0.3, 0.4) is 0 Å². The number of rotatable bonds is 3. The number of benzene rings is 1. The second kappa shape index (κ2) is 7.10. The second-order valence-electron chi connectivity index (χ2n) is 7.69. The molecule has 0 bridgehead atoms. The first-order valence-corrected chi connectivity index (χ1v) is 9.78. The average Bonchev–Trinajstić information content (AvgIpc) is 3.17. The summed E-state index contributed by atoms with van der Waals surface area (Å²) < 4.78 is 17.2. The number of nitrogens with two attached hydrogens (primary N) is 1. The van der Waals surface area contributed by atoms with Gasteiger partial charge >= 0.3 is 0 Å². The number of anilines is 2. The van der Waals surface area contributed by atoms with E-state index in [4.69, 9.17) is 19.9 Å². The van der Waals surface area contributed by atoms with Crippen molar-refractivity contribution in [3.8, 4) is 11.5 Å². The molecular weight excluding hydrogens is 358 g/mol. The molecule has 8 heteroatoms. The van der Waals surface area contributed by atoms with Crippen LogP contribution in [0, 0.1) is 0 Å². The molecule has 3 aliphatic rings. The van der Waals surface area contributed by atoms with Crippen LogP contribution in [0.25, 0.3) is 0 Å². The Bertz CT molecular complexity index is 853. The Kier molecular flexibility index (Phi) is 4.44. The average molecular weight is 383 g/mol. The number of aromatic nitrogens is 2. The Morgan fingerprint density at radius 1 is 1.07 bits per heavy atom. The fraction of sp³-hybridized carbons (Fsp3) is 0.500. The fourth-order valence-electron chi connectivity index (χ4n) is 4.34. The number of fused-ring (bicyclic) bond motifs is 1. The molecule has 0 saturated carbocycles. The van der Waals surface area contributed by atoms with Crippen LogP contribution in [0.15, 0.2) is 30.5 Å². The van der Waals surface area contributed by atoms with Crippen molar-refractivity contribution in [2.45, 2.75) is 25.0 Å². The minimum atomic E-state index is -0.0797. The van der Waals surface area contributed by atoms with Gasteiger partial charge < -0.3 is 24.8 Å². The minimum Gasteiger partial charge on any atom is -0.454 e. The van der Waals surface area contributed by atoms with Crippen LogP contribution in [0.1, 0.15) is 18.4 Å². The zero-order valence-electron chi connectivity index (χ0n) is 15.8. The number of nitrogen functional groups attached to an aromatic ring is 1. The van der Waals surface area contributed by atoms with Crippen molar-refractivity contribution in [1.29, 1.82) is 0 Å². The highest BCUT2D eigenvalue weighted by molar-refractivity contribution is 5.44. The maximum atomic E-state index is 6.29. The molecule has 1 aromatic carbocycles. The van der Waals surface area contributed by atoms with Gasteiger partial charge in [-0.05, 0) is 36.6 Å². The zero-order valence-corrected chi connectivity index (χ0v) is 15.8. The molecule has 2 N–H and O–H groups in total. The molecule has 148 valence electrons. The minimum absolute atomic E-state index is 0.0797. The fourth-order valence-corrected chi connectivity index (χ4v) is 4.34. The highest BCUT2D eigenvalue weighted by Crippen LogP contribution is 2.35. The van der Waals surface area contributed by atoms with Gasteiger partial charge in [0.2, 0.25) is 12.7 Å². The molecule has 0 amide bonds. The van der Waals surface area contributed by atoms with Crippen LogP contribution < -0.4 is 20.1 Å². The predicted molar refractivity (Wildman–Crippen MR) is 104 cm³/mol. The van der Waals surface area contributed by atoms with E-state index in [9.17, 15) is 0 Å². The molecular formula is C20H25N5O3. The quantitative estimate of drug-likeness (QED) is 0.857. The topological polar surface area (TPSA) is 86.0 Å². The van der Waals surface area contributed by atoms with E-state index in [2.05, 4.69) is 31.9 Å². The zero-order chi connectivity index (χ0) is 19.0. The molecule has 1 spiro atoms. The van der Waals surface area contributed by atoms with Crippen molar-refractivity contribution in [1.82, 2.24) is 14.9 Å². The number of hydrogen-bond acceptors (Lipinski definition) is 8. The Morgan fingerprint density at radius 2 is 1.93 bits per heavy atom. The molecule has 8 nitrogen and oxygen atoms in total. The van der Waals surface area contributed by atoms with Crippen molar-refractivity contribution in [3.63, 3.8) is 0 Å². The molecule has 0 aliphatic carbocycles. The van der Waals surface area contributed by atoms with Gasteiger partial charge in [-0.1, -0.05) is 6.07 Å². The van der Waals surface area contributed by atoms with Gasteiger partial charge in [0, 0.05) is 38.9 Å². The number of hydrogen-bond donors (Lipinski definition) is 1. The standard InChI is InChI=1S/C20H25N5O3/c21-19-22-6-3-18(23-19)25-7-4-20(5-8-25)13-24(9-10-28-20)12-15-1-2-16-17(11-15)27-14-26-16/h1-3,6,11H,4-5,7-10,12-14H2,(H2,21,22,23). The Hall–Kier alpha value is -2.58. The lowest BCUT2D eigenvalue weighted by Crippen LogP contribution is -2.56. The Balaban J connectivity index is 1.22. The summed E-state index contributed by atoms with van der Waals surface area (Å²) in [6, 6.07) is 8.13. The molecule has 0 unspecified atom stereocenters. The van der Waals surface area contributed by atoms with Crippen molar-refractivity contribution < 1.29 is 14.2 Å². The van der Waals surface area contributed by atoms with Crippen LogP contribution in [0.4, 0.5) is 11.8 Å². The monoisotopic (exact) mass is 383 g/mol. The molecule has 28 heavy (non-hydrogen) atoms. The molecule has 2 fully saturated rings. The van der Waals surface area contributed by atoms with Crippen LogP contribution in [0.5, 0.6) is 11.5 Å². The summed E-state index contributed by atoms with van der Waals surface area (Å²) >= 11 is 0. The summed E-state index contributed by atoms with van der Waals surface area (Å²) in [6.45, 7) is 5.69. The number of morpholine rings is 1. The van der Waals surface area contributed by atoms with Gasteiger partial charge in [0.25, 0.3) is 0 Å². The van der Waals surface area contributed by atoms with Crippen LogP contribution in [-0.4, -0.2) is 60.0 Å². The maximum absolute atomic E-state index is 6.29. The third kappa shape index (κ3) is 3.45. The van der Waals surface area contributed by atoms with Crippen molar-refractivity contribution in [3.05, 3.63) is 36.0 Å². The van der Waals surface area contributed by atoms with Crippen LogP contribution in [0.2, 0.25) is 0 Å². The highest BCUT2D eigenvalue weighted by atomic mass is 16.7. The van der Waals surface area contributed by atoms with Crippen molar-refractivity contribution >= 4 is 11.8 Å². The van der Waals surface area contributed by atoms with Gasteiger partial charge in [-0.3, -0.25) is 4.90 Å². The lowest BCUT2D eigenvalue weighted by atomic mass is 9.89. The summed E-state index contributed by atoms with van der Waals surface area (Å²) in [4.78, 5) is 13.1. The van der Waals surface area contributed by atoms with Gasteiger partial charge in [0.1, 0.15) is 5.82 Å². The van der Waals surface area contributed by atoms with E-state index in [0.29, 0.717) is 12.7 Å². The second-order valence-corrected chi connectivity index (χ2v) is 7.69. The van der Waals surface area contributed by atoms with E-state index in [0.717, 1.165) is 69.5 Å². The molecule has 2 aromatic rings. The molecule has 3 aliphatic heterocycles. The first kappa shape index (κ1) is 17.5. The summed E-state index contributed by atoms with van der Waals surface area (Å²) in [6.07, 6.45) is 3.68. The SMILES string of the molecule is Nc1nccc(N2CCC3(CC2)CN(Cc2ccc4c(c2)OCO4)CCO3)n1. The molecule has 0 radical (unpaired) electrons. The van der Waals surface area contributed by atoms with E-state index >= 15 is 0 Å². The Morgan fingerprint density at radius 3 is 2.79 bits per heavy atom. The first-order valence-electron chi connectivity index (χ1n) is 9.78. The summed E-state index contributed by atoms with van der Waals surface area (Å²) in [5.41, 5.74) is 6.90. The lowest BCUT2D eigenvalue weighted by molar-refractivity contribution is -0.122. The first-order chi connectivity index (χ1) is 13.7. The molecule has 1 aromatic heterocycles. The summed E-state index contributed by atoms with van der Waals surface area (Å²) in [5, 5.41) is 0. The largest absolute Gasteiger partial charge is 0.454 e. The van der Waals surface area contributed by atoms with Crippen LogP contribution >= 0.6 is 0 Å². The van der Waals surface area contributed by atoms with Gasteiger partial charge in [0.05, 0.1) is 12.2 Å². The predicted octanol–water partition coefficient (Wildman–Crippen LogP) is 1.66. The van der Waals surface area contributed by atoms with E-state index in [1.807, 2.05) is 12.1 Å². The third-order valence-corrected chi connectivity index (χ3v) is 5.83.